The Morgan fingerprint density at radius 2 is 2.20 bits per heavy atom. The van der Waals surface area contributed by atoms with Crippen LogP contribution in [0.3, 0.4) is 0 Å². The lowest BCUT2D eigenvalue weighted by atomic mass is 9.46. The molecule has 2 fully saturated rings. The standard InChI is InChI=1S/C19H28N2O3.ClH/c1-4-10-23-14-8-5-7-13(12-14)21-17(22)19(20)15-9-6-11-24-16(15)18(19,2)3;/h5,7-8,12,15-16H,4,6,9-11,20H2,1-3H3,(H,21,22);1H. The van der Waals surface area contributed by atoms with Crippen molar-refractivity contribution in [2.24, 2.45) is 17.1 Å². The topological polar surface area (TPSA) is 73.6 Å². The molecule has 140 valence electrons. The van der Waals surface area contributed by atoms with Crippen LogP contribution in [0.25, 0.3) is 0 Å². The van der Waals surface area contributed by atoms with Gasteiger partial charge in [-0.3, -0.25) is 4.79 Å². The van der Waals surface area contributed by atoms with Gasteiger partial charge in [0, 0.05) is 29.7 Å². The summed E-state index contributed by atoms with van der Waals surface area (Å²) in [6.45, 7) is 7.54. The van der Waals surface area contributed by atoms with Crippen LogP contribution < -0.4 is 15.8 Å². The molecule has 1 saturated carbocycles. The van der Waals surface area contributed by atoms with Gasteiger partial charge >= 0.3 is 0 Å². The molecule has 0 spiro atoms. The molecule has 3 atom stereocenters. The Morgan fingerprint density at radius 3 is 2.92 bits per heavy atom. The molecule has 3 rings (SSSR count). The predicted octanol–water partition coefficient (Wildman–Crippen LogP) is 3.37. The molecule has 3 N–H and O–H groups in total. The van der Waals surface area contributed by atoms with Crippen LogP contribution in [0.4, 0.5) is 5.69 Å². The van der Waals surface area contributed by atoms with Crippen LogP contribution in [-0.2, 0) is 9.53 Å². The van der Waals surface area contributed by atoms with Crippen LogP contribution in [0.2, 0.25) is 0 Å². The summed E-state index contributed by atoms with van der Waals surface area (Å²) in [7, 11) is 0. The Kier molecular flexibility index (Phi) is 6.02. The highest BCUT2D eigenvalue weighted by atomic mass is 35.5. The van der Waals surface area contributed by atoms with Gasteiger partial charge in [-0.1, -0.05) is 26.8 Å². The van der Waals surface area contributed by atoms with E-state index >= 15 is 0 Å². The van der Waals surface area contributed by atoms with Crippen molar-refractivity contribution in [3.05, 3.63) is 24.3 Å². The molecule has 25 heavy (non-hydrogen) atoms. The summed E-state index contributed by atoms with van der Waals surface area (Å²) in [6, 6.07) is 7.47. The van der Waals surface area contributed by atoms with Crippen molar-refractivity contribution in [2.75, 3.05) is 18.5 Å². The number of halogens is 1. The molecular weight excluding hydrogens is 340 g/mol. The van der Waals surface area contributed by atoms with E-state index in [1.54, 1.807) is 0 Å². The highest BCUT2D eigenvalue weighted by molar-refractivity contribution is 6.00. The molecule has 3 unspecified atom stereocenters. The van der Waals surface area contributed by atoms with E-state index in [1.165, 1.54) is 0 Å². The highest BCUT2D eigenvalue weighted by Gasteiger charge is 2.70. The maximum Gasteiger partial charge on any atom is 0.245 e. The summed E-state index contributed by atoms with van der Waals surface area (Å²) < 4.78 is 11.5. The van der Waals surface area contributed by atoms with Crippen LogP contribution in [0.5, 0.6) is 5.75 Å². The summed E-state index contributed by atoms with van der Waals surface area (Å²) in [5.41, 5.74) is 6.06. The Bertz CT molecular complexity index is 622. The first-order valence-electron chi connectivity index (χ1n) is 8.86. The van der Waals surface area contributed by atoms with Gasteiger partial charge in [-0.15, -0.1) is 12.4 Å². The summed E-state index contributed by atoms with van der Waals surface area (Å²) in [5, 5.41) is 2.99. The van der Waals surface area contributed by atoms with Gasteiger partial charge in [0.2, 0.25) is 5.91 Å². The largest absolute Gasteiger partial charge is 0.494 e. The average Bonchev–Trinajstić information content (AvgIpc) is 2.59. The molecular formula is C19H29ClN2O3. The number of benzene rings is 1. The van der Waals surface area contributed by atoms with Crippen molar-refractivity contribution in [1.82, 2.24) is 0 Å². The quantitative estimate of drug-likeness (QED) is 0.835. The number of hydrogen-bond donors (Lipinski definition) is 2. The van der Waals surface area contributed by atoms with Gasteiger partial charge in [0.15, 0.2) is 0 Å². The Balaban J connectivity index is 0.00000225. The molecule has 1 aromatic rings. The second kappa shape index (κ2) is 7.52. The Labute approximate surface area is 156 Å². The van der Waals surface area contributed by atoms with E-state index in [2.05, 4.69) is 12.2 Å². The molecule has 6 heteroatoms. The second-order valence-electron chi connectivity index (χ2n) is 7.46. The van der Waals surface area contributed by atoms with Crippen LogP contribution in [0, 0.1) is 11.3 Å². The monoisotopic (exact) mass is 368 g/mol. The molecule has 1 aromatic carbocycles. The number of amides is 1. The molecule has 1 heterocycles. The van der Waals surface area contributed by atoms with Crippen molar-refractivity contribution in [2.45, 2.75) is 51.7 Å². The van der Waals surface area contributed by atoms with Crippen LogP contribution >= 0.6 is 12.4 Å². The maximum atomic E-state index is 13.0. The number of fused-ring (bicyclic) bond motifs is 1. The Hall–Kier alpha value is -1.30. The number of carbonyl (C=O) groups excluding carboxylic acids is 1. The third-order valence-corrected chi connectivity index (χ3v) is 5.63. The molecule has 0 bridgehead atoms. The maximum absolute atomic E-state index is 13.0. The molecule has 0 radical (unpaired) electrons. The fourth-order valence-electron chi connectivity index (χ4n) is 4.15. The molecule has 1 amide bonds. The molecule has 5 nitrogen and oxygen atoms in total. The number of hydrogen-bond acceptors (Lipinski definition) is 4. The van der Waals surface area contributed by atoms with E-state index in [1.807, 2.05) is 38.1 Å². The number of carbonyl (C=O) groups is 1. The SMILES string of the molecule is CCCOc1cccc(NC(=O)C2(N)C3CCCOC3C2(C)C)c1.Cl. The first kappa shape index (κ1) is 20.0. The van der Waals surface area contributed by atoms with Gasteiger partial charge in [-0.05, 0) is 31.4 Å². The summed E-state index contributed by atoms with van der Waals surface area (Å²) >= 11 is 0. The molecule has 2 aliphatic rings. The minimum absolute atomic E-state index is 0. The van der Waals surface area contributed by atoms with Gasteiger partial charge in [0.05, 0.1) is 12.7 Å². The smallest absolute Gasteiger partial charge is 0.245 e. The van der Waals surface area contributed by atoms with E-state index < -0.39 is 5.54 Å². The fourth-order valence-corrected chi connectivity index (χ4v) is 4.15. The summed E-state index contributed by atoms with van der Waals surface area (Å²) in [5.74, 6) is 0.708. The molecule has 1 saturated heterocycles. The minimum atomic E-state index is -0.904. The van der Waals surface area contributed by atoms with Gasteiger partial charge in [0.1, 0.15) is 11.3 Å². The summed E-state index contributed by atoms with van der Waals surface area (Å²) in [4.78, 5) is 13.0. The third-order valence-electron chi connectivity index (χ3n) is 5.63. The van der Waals surface area contributed by atoms with Crippen LogP contribution in [0.15, 0.2) is 24.3 Å². The number of nitrogens with two attached hydrogens (primary N) is 1. The second-order valence-corrected chi connectivity index (χ2v) is 7.46. The van der Waals surface area contributed by atoms with Crippen LogP contribution in [0.1, 0.15) is 40.0 Å². The van der Waals surface area contributed by atoms with Gasteiger partial charge in [-0.25, -0.2) is 0 Å². The number of ether oxygens (including phenoxy) is 2. The minimum Gasteiger partial charge on any atom is -0.494 e. The van der Waals surface area contributed by atoms with Gasteiger partial charge in [0.25, 0.3) is 0 Å². The number of anilines is 1. The zero-order valence-corrected chi connectivity index (χ0v) is 16.0. The highest BCUT2D eigenvalue weighted by Crippen LogP contribution is 2.57. The fraction of sp³-hybridized carbons (Fsp3) is 0.632. The first-order valence-corrected chi connectivity index (χ1v) is 8.86. The van der Waals surface area contributed by atoms with E-state index in [0.717, 1.165) is 37.3 Å². The lowest BCUT2D eigenvalue weighted by Gasteiger charge is -2.65. The van der Waals surface area contributed by atoms with E-state index in [-0.39, 0.29) is 35.8 Å². The van der Waals surface area contributed by atoms with Crippen molar-refractivity contribution in [3.63, 3.8) is 0 Å². The zero-order chi connectivity index (χ0) is 17.4. The number of nitrogens with one attached hydrogen (secondary N) is 1. The van der Waals surface area contributed by atoms with Crippen LogP contribution in [-0.4, -0.2) is 30.8 Å². The number of rotatable bonds is 5. The van der Waals surface area contributed by atoms with Gasteiger partial charge in [-0.2, -0.15) is 0 Å². The van der Waals surface area contributed by atoms with Crippen molar-refractivity contribution in [3.8, 4) is 5.75 Å². The molecule has 1 aliphatic carbocycles. The molecule has 1 aliphatic heterocycles. The third kappa shape index (κ3) is 3.25. The van der Waals surface area contributed by atoms with Crippen molar-refractivity contribution < 1.29 is 14.3 Å². The lowest BCUT2D eigenvalue weighted by molar-refractivity contribution is -0.222. The first-order chi connectivity index (χ1) is 11.4. The predicted molar refractivity (Wildman–Crippen MR) is 101 cm³/mol. The normalized spacial score (nSPS) is 29.6. The molecule has 0 aromatic heterocycles. The van der Waals surface area contributed by atoms with Gasteiger partial charge < -0.3 is 20.5 Å². The summed E-state index contributed by atoms with van der Waals surface area (Å²) in [6.07, 6.45) is 2.92. The van der Waals surface area contributed by atoms with Crippen molar-refractivity contribution >= 4 is 24.0 Å². The van der Waals surface area contributed by atoms with E-state index in [0.29, 0.717) is 6.61 Å². The van der Waals surface area contributed by atoms with E-state index in [4.69, 9.17) is 15.2 Å². The Morgan fingerprint density at radius 1 is 1.44 bits per heavy atom. The van der Waals surface area contributed by atoms with Crippen molar-refractivity contribution in [1.29, 1.82) is 0 Å². The van der Waals surface area contributed by atoms with E-state index in [9.17, 15) is 4.79 Å². The average molecular weight is 369 g/mol. The lowest BCUT2D eigenvalue weighted by Crippen LogP contribution is -2.81. The zero-order valence-electron chi connectivity index (χ0n) is 15.2.